The number of nitrogens with zero attached hydrogens (tertiary/aromatic N) is 1. The lowest BCUT2D eigenvalue weighted by atomic mass is 10.1. The van der Waals surface area contributed by atoms with Gasteiger partial charge in [-0.1, -0.05) is 24.5 Å². The number of pyridine rings is 1. The Hall–Kier alpha value is -1.90. The van der Waals surface area contributed by atoms with Gasteiger partial charge in [-0.2, -0.15) is 0 Å². The third-order valence-electron chi connectivity index (χ3n) is 4.10. The lowest BCUT2D eigenvalue weighted by Crippen LogP contribution is -2.33. The van der Waals surface area contributed by atoms with Crippen molar-refractivity contribution in [1.29, 1.82) is 0 Å². The van der Waals surface area contributed by atoms with Crippen molar-refractivity contribution in [2.24, 2.45) is 0 Å². The molecule has 1 aromatic heterocycles. The highest BCUT2D eigenvalue weighted by atomic mass is 16.1. The Labute approximate surface area is 119 Å². The number of hydrogen-bond acceptors (Lipinski definition) is 2. The van der Waals surface area contributed by atoms with Crippen LogP contribution in [-0.4, -0.2) is 16.9 Å². The van der Waals surface area contributed by atoms with Gasteiger partial charge in [0.15, 0.2) is 0 Å². The van der Waals surface area contributed by atoms with Crippen LogP contribution in [0.25, 0.3) is 10.9 Å². The molecule has 1 saturated carbocycles. The number of nitrogens with one attached hydrogen (secondary N) is 1. The van der Waals surface area contributed by atoms with Crippen molar-refractivity contribution in [3.8, 4) is 0 Å². The lowest BCUT2D eigenvalue weighted by Gasteiger charge is -2.13. The molecule has 1 heterocycles. The van der Waals surface area contributed by atoms with E-state index in [0.29, 0.717) is 11.6 Å². The van der Waals surface area contributed by atoms with Gasteiger partial charge in [0.1, 0.15) is 0 Å². The summed E-state index contributed by atoms with van der Waals surface area (Å²) in [7, 11) is 0. The second kappa shape index (κ2) is 5.23. The third-order valence-corrected chi connectivity index (χ3v) is 4.10. The fourth-order valence-electron chi connectivity index (χ4n) is 2.96. The minimum Gasteiger partial charge on any atom is -0.349 e. The number of carbonyl (C=O) groups is 1. The summed E-state index contributed by atoms with van der Waals surface area (Å²) in [6, 6.07) is 8.45. The van der Waals surface area contributed by atoms with Gasteiger partial charge in [0, 0.05) is 11.4 Å². The summed E-state index contributed by atoms with van der Waals surface area (Å²) < 4.78 is 0. The molecular formula is C17H20N2O. The smallest absolute Gasteiger partial charge is 0.253 e. The molecule has 0 bridgehead atoms. The Morgan fingerprint density at radius 2 is 1.95 bits per heavy atom. The predicted molar refractivity (Wildman–Crippen MR) is 80.9 cm³/mol. The van der Waals surface area contributed by atoms with Crippen molar-refractivity contribution in [1.82, 2.24) is 10.3 Å². The standard InChI is InChI=1S/C17H20N2O/c1-11-7-8-16-13(9-11)10-15(12(2)18-16)17(20)19-14-5-3-4-6-14/h7-10,14H,3-6H2,1-2H3,(H,19,20). The van der Waals surface area contributed by atoms with Gasteiger partial charge >= 0.3 is 0 Å². The van der Waals surface area contributed by atoms with Crippen molar-refractivity contribution >= 4 is 16.8 Å². The topological polar surface area (TPSA) is 42.0 Å². The molecule has 1 N–H and O–H groups in total. The molecule has 1 amide bonds. The largest absolute Gasteiger partial charge is 0.349 e. The zero-order chi connectivity index (χ0) is 14.1. The van der Waals surface area contributed by atoms with Crippen LogP contribution < -0.4 is 5.32 Å². The van der Waals surface area contributed by atoms with E-state index in [1.165, 1.54) is 18.4 Å². The molecule has 0 atom stereocenters. The Kier molecular flexibility index (Phi) is 3.43. The molecule has 3 rings (SSSR count). The van der Waals surface area contributed by atoms with Gasteiger partial charge in [-0.05, 0) is 44.9 Å². The van der Waals surface area contributed by atoms with E-state index >= 15 is 0 Å². The van der Waals surface area contributed by atoms with Crippen molar-refractivity contribution in [2.45, 2.75) is 45.6 Å². The van der Waals surface area contributed by atoms with Crippen LogP contribution in [0.2, 0.25) is 0 Å². The van der Waals surface area contributed by atoms with E-state index in [0.717, 1.165) is 29.4 Å². The van der Waals surface area contributed by atoms with Gasteiger partial charge in [0.05, 0.1) is 16.8 Å². The predicted octanol–water partition coefficient (Wildman–Crippen LogP) is 3.52. The molecule has 3 nitrogen and oxygen atoms in total. The molecule has 104 valence electrons. The first-order chi connectivity index (χ1) is 9.63. The van der Waals surface area contributed by atoms with E-state index in [4.69, 9.17) is 0 Å². The van der Waals surface area contributed by atoms with Gasteiger partial charge in [0.2, 0.25) is 0 Å². The first-order valence-corrected chi connectivity index (χ1v) is 7.32. The van der Waals surface area contributed by atoms with Gasteiger partial charge < -0.3 is 5.32 Å². The molecule has 20 heavy (non-hydrogen) atoms. The number of aromatic nitrogens is 1. The number of benzene rings is 1. The fourth-order valence-corrected chi connectivity index (χ4v) is 2.96. The monoisotopic (exact) mass is 268 g/mol. The van der Waals surface area contributed by atoms with Crippen LogP contribution in [0, 0.1) is 13.8 Å². The van der Waals surface area contributed by atoms with Crippen LogP contribution in [0.3, 0.4) is 0 Å². The summed E-state index contributed by atoms with van der Waals surface area (Å²) in [6.07, 6.45) is 4.65. The zero-order valence-electron chi connectivity index (χ0n) is 12.1. The Morgan fingerprint density at radius 3 is 2.70 bits per heavy atom. The van der Waals surface area contributed by atoms with Crippen molar-refractivity contribution < 1.29 is 4.79 Å². The first-order valence-electron chi connectivity index (χ1n) is 7.32. The van der Waals surface area contributed by atoms with E-state index < -0.39 is 0 Å². The zero-order valence-corrected chi connectivity index (χ0v) is 12.1. The van der Waals surface area contributed by atoms with Gasteiger partial charge in [-0.15, -0.1) is 0 Å². The molecule has 2 aromatic rings. The van der Waals surface area contributed by atoms with E-state index in [2.05, 4.69) is 23.3 Å². The molecule has 3 heteroatoms. The maximum atomic E-state index is 12.4. The van der Waals surface area contributed by atoms with E-state index in [9.17, 15) is 4.79 Å². The number of carbonyl (C=O) groups excluding carboxylic acids is 1. The molecule has 1 aliphatic carbocycles. The van der Waals surface area contributed by atoms with Crippen LogP contribution in [-0.2, 0) is 0 Å². The van der Waals surface area contributed by atoms with Gasteiger partial charge in [0.25, 0.3) is 5.91 Å². The van der Waals surface area contributed by atoms with E-state index in [1.54, 1.807) is 0 Å². The molecule has 0 unspecified atom stereocenters. The fraction of sp³-hybridized carbons (Fsp3) is 0.412. The molecule has 0 saturated heterocycles. The SMILES string of the molecule is Cc1ccc2nc(C)c(C(=O)NC3CCCC3)cc2c1. The van der Waals surface area contributed by atoms with Crippen LogP contribution in [0.1, 0.15) is 47.3 Å². The summed E-state index contributed by atoms with van der Waals surface area (Å²) in [5.74, 6) is 0.0188. The Morgan fingerprint density at radius 1 is 1.20 bits per heavy atom. The summed E-state index contributed by atoms with van der Waals surface area (Å²) in [5.41, 5.74) is 3.64. The maximum Gasteiger partial charge on any atom is 0.253 e. The third kappa shape index (κ3) is 2.53. The summed E-state index contributed by atoms with van der Waals surface area (Å²) >= 11 is 0. The average Bonchev–Trinajstić information content (AvgIpc) is 2.91. The minimum absolute atomic E-state index is 0.0188. The molecule has 1 fully saturated rings. The van der Waals surface area contributed by atoms with Crippen molar-refractivity contribution in [3.63, 3.8) is 0 Å². The van der Waals surface area contributed by atoms with Crippen LogP contribution in [0.15, 0.2) is 24.3 Å². The highest BCUT2D eigenvalue weighted by Crippen LogP contribution is 2.21. The first kappa shape index (κ1) is 13.1. The normalized spacial score (nSPS) is 15.7. The quantitative estimate of drug-likeness (QED) is 0.905. The average molecular weight is 268 g/mol. The minimum atomic E-state index is 0.0188. The molecule has 0 aliphatic heterocycles. The van der Waals surface area contributed by atoms with E-state index in [-0.39, 0.29) is 5.91 Å². The summed E-state index contributed by atoms with van der Waals surface area (Å²) in [6.45, 7) is 3.96. The Balaban J connectivity index is 1.93. The second-order valence-corrected chi connectivity index (χ2v) is 5.77. The molecule has 0 radical (unpaired) electrons. The summed E-state index contributed by atoms with van der Waals surface area (Å²) in [5, 5.41) is 4.17. The van der Waals surface area contributed by atoms with Crippen LogP contribution in [0.4, 0.5) is 0 Å². The molecule has 1 aliphatic rings. The highest BCUT2D eigenvalue weighted by Gasteiger charge is 2.19. The number of fused-ring (bicyclic) bond motifs is 1. The van der Waals surface area contributed by atoms with Crippen LogP contribution >= 0.6 is 0 Å². The lowest BCUT2D eigenvalue weighted by molar-refractivity contribution is 0.0937. The van der Waals surface area contributed by atoms with Gasteiger partial charge in [-0.25, -0.2) is 0 Å². The number of rotatable bonds is 2. The number of hydrogen-bond donors (Lipinski definition) is 1. The van der Waals surface area contributed by atoms with Crippen LogP contribution in [0.5, 0.6) is 0 Å². The molecular weight excluding hydrogens is 248 g/mol. The van der Waals surface area contributed by atoms with Crippen molar-refractivity contribution in [3.05, 3.63) is 41.1 Å². The maximum absolute atomic E-state index is 12.4. The summed E-state index contributed by atoms with van der Waals surface area (Å²) in [4.78, 5) is 17.0. The van der Waals surface area contributed by atoms with Gasteiger partial charge in [-0.3, -0.25) is 9.78 Å². The van der Waals surface area contributed by atoms with E-state index in [1.807, 2.05) is 25.1 Å². The highest BCUT2D eigenvalue weighted by molar-refractivity contribution is 5.98. The second-order valence-electron chi connectivity index (χ2n) is 5.77. The molecule has 1 aromatic carbocycles. The number of amides is 1. The van der Waals surface area contributed by atoms with Crippen molar-refractivity contribution in [2.75, 3.05) is 0 Å². The Bertz CT molecular complexity index is 657. The molecule has 0 spiro atoms. The number of aryl methyl sites for hydroxylation is 2.